The number of ether oxygens (including phenoxy) is 1. The second-order valence-electron chi connectivity index (χ2n) is 3.72. The Morgan fingerprint density at radius 3 is 2.38 bits per heavy atom. The zero-order valence-electron chi connectivity index (χ0n) is 9.40. The van der Waals surface area contributed by atoms with Crippen LogP contribution < -0.4 is 5.32 Å². The lowest BCUT2D eigenvalue weighted by molar-refractivity contribution is -0.166. The van der Waals surface area contributed by atoms with E-state index >= 15 is 0 Å². The summed E-state index contributed by atoms with van der Waals surface area (Å²) in [6.07, 6.45) is -3.14. The van der Waals surface area contributed by atoms with Crippen LogP contribution in [0, 0.1) is 0 Å². The monoisotopic (exact) mass is 243 g/mol. The first-order valence-electron chi connectivity index (χ1n) is 4.85. The van der Waals surface area contributed by atoms with Crippen molar-refractivity contribution in [3.8, 4) is 0 Å². The van der Waals surface area contributed by atoms with E-state index in [1.807, 2.05) is 0 Å². The molecule has 96 valence electrons. The zero-order chi connectivity index (χ0) is 12.8. The third-order valence-electron chi connectivity index (χ3n) is 1.94. The van der Waals surface area contributed by atoms with Gasteiger partial charge in [-0.3, -0.25) is 0 Å². The van der Waals surface area contributed by atoms with Gasteiger partial charge in [-0.15, -0.1) is 6.58 Å². The van der Waals surface area contributed by atoms with Crippen molar-refractivity contribution in [3.05, 3.63) is 12.2 Å². The summed E-state index contributed by atoms with van der Waals surface area (Å²) in [6.45, 7) is 4.14. The molecule has 6 heteroatoms. The van der Waals surface area contributed by atoms with E-state index in [2.05, 4.69) is 16.6 Å². The summed E-state index contributed by atoms with van der Waals surface area (Å²) in [5.74, 6) is -4.08. The summed E-state index contributed by atoms with van der Waals surface area (Å²) in [6, 6.07) is -0.189. The van der Waals surface area contributed by atoms with Crippen molar-refractivity contribution in [2.45, 2.75) is 31.7 Å². The molecule has 0 aliphatic rings. The molecule has 0 rings (SSSR count). The van der Waals surface area contributed by atoms with Gasteiger partial charge in [0.2, 0.25) is 0 Å². The van der Waals surface area contributed by atoms with Crippen LogP contribution in [0.25, 0.3) is 0 Å². The Hall–Kier alpha value is -0.620. The lowest BCUT2D eigenvalue weighted by Crippen LogP contribution is -2.36. The van der Waals surface area contributed by atoms with Gasteiger partial charge in [-0.25, -0.2) is 8.78 Å². The smallest absolute Gasteiger partial charge is 0.330 e. The van der Waals surface area contributed by atoms with Crippen LogP contribution in [-0.4, -0.2) is 38.7 Å². The topological polar surface area (TPSA) is 21.3 Å². The molecule has 0 fully saturated rings. The van der Waals surface area contributed by atoms with Crippen molar-refractivity contribution in [2.75, 3.05) is 20.3 Å². The fraction of sp³-hybridized carbons (Fsp3) is 0.800. The number of alkyl halides is 4. The molecule has 1 N–H and O–H groups in total. The first-order chi connectivity index (χ1) is 7.29. The molecule has 1 unspecified atom stereocenters. The Bertz CT molecular complexity index is 221. The van der Waals surface area contributed by atoms with Crippen LogP contribution in [-0.2, 0) is 4.74 Å². The zero-order valence-corrected chi connectivity index (χ0v) is 9.40. The second kappa shape index (κ2) is 6.85. The first-order valence-corrected chi connectivity index (χ1v) is 4.85. The van der Waals surface area contributed by atoms with E-state index < -0.39 is 19.0 Å². The van der Waals surface area contributed by atoms with Crippen molar-refractivity contribution in [2.24, 2.45) is 0 Å². The highest BCUT2D eigenvalue weighted by atomic mass is 19.3. The molecule has 2 nitrogen and oxygen atoms in total. The van der Waals surface area contributed by atoms with Crippen molar-refractivity contribution >= 4 is 0 Å². The number of hydrogen-bond acceptors (Lipinski definition) is 2. The van der Waals surface area contributed by atoms with Gasteiger partial charge in [0.05, 0.1) is 6.61 Å². The molecular weight excluding hydrogens is 226 g/mol. The number of likely N-dealkylation sites (N-methyl/N-ethyl adjacent to an activating group) is 1. The van der Waals surface area contributed by atoms with E-state index in [9.17, 15) is 17.6 Å². The molecule has 0 aliphatic heterocycles. The van der Waals surface area contributed by atoms with Crippen LogP contribution in [0.2, 0.25) is 0 Å². The quantitative estimate of drug-likeness (QED) is 0.522. The van der Waals surface area contributed by atoms with Crippen molar-refractivity contribution in [1.82, 2.24) is 5.32 Å². The third-order valence-corrected chi connectivity index (χ3v) is 1.94. The maximum atomic E-state index is 12.5. The summed E-state index contributed by atoms with van der Waals surface area (Å²) in [4.78, 5) is 0. The Morgan fingerprint density at radius 2 is 2.00 bits per heavy atom. The Morgan fingerprint density at radius 1 is 1.44 bits per heavy atom. The van der Waals surface area contributed by atoms with Crippen molar-refractivity contribution in [1.29, 1.82) is 0 Å². The Labute approximate surface area is 92.7 Å². The van der Waals surface area contributed by atoms with E-state index in [0.29, 0.717) is 6.42 Å². The van der Waals surface area contributed by atoms with Crippen LogP contribution in [0.1, 0.15) is 13.3 Å². The van der Waals surface area contributed by atoms with E-state index in [1.54, 1.807) is 14.0 Å². The van der Waals surface area contributed by atoms with Gasteiger partial charge in [0, 0.05) is 6.04 Å². The highest BCUT2D eigenvalue weighted by molar-refractivity contribution is 4.92. The highest BCUT2D eigenvalue weighted by Gasteiger charge is 2.41. The van der Waals surface area contributed by atoms with Gasteiger partial charge in [-0.1, -0.05) is 5.57 Å². The summed E-state index contributed by atoms with van der Waals surface area (Å²) >= 11 is 0. The van der Waals surface area contributed by atoms with E-state index in [1.165, 1.54) is 0 Å². The predicted molar refractivity (Wildman–Crippen MR) is 54.0 cm³/mol. The predicted octanol–water partition coefficient (Wildman–Crippen LogP) is 2.46. The molecule has 0 radical (unpaired) electrons. The van der Waals surface area contributed by atoms with Crippen molar-refractivity contribution in [3.63, 3.8) is 0 Å². The maximum absolute atomic E-state index is 12.5. The fourth-order valence-corrected chi connectivity index (χ4v) is 1.07. The van der Waals surface area contributed by atoms with Gasteiger partial charge in [-0.2, -0.15) is 8.78 Å². The average molecular weight is 243 g/mol. The Balaban J connectivity index is 3.91. The van der Waals surface area contributed by atoms with Gasteiger partial charge in [0.1, 0.15) is 6.61 Å². The molecule has 0 aromatic carbocycles. The largest absolute Gasteiger partial charge is 0.373 e. The summed E-state index contributed by atoms with van der Waals surface area (Å²) in [5, 5.41) is 2.83. The maximum Gasteiger partial charge on any atom is 0.330 e. The number of rotatable bonds is 8. The fourth-order valence-electron chi connectivity index (χ4n) is 1.07. The van der Waals surface area contributed by atoms with E-state index in [-0.39, 0.29) is 12.6 Å². The van der Waals surface area contributed by atoms with Crippen molar-refractivity contribution < 1.29 is 22.3 Å². The molecule has 16 heavy (non-hydrogen) atoms. The average Bonchev–Trinajstić information content (AvgIpc) is 2.15. The summed E-state index contributed by atoms with van der Waals surface area (Å²) in [7, 11) is 1.64. The number of nitrogens with one attached hydrogen (secondary N) is 1. The normalized spacial score (nSPS) is 14.2. The van der Waals surface area contributed by atoms with Gasteiger partial charge < -0.3 is 10.1 Å². The molecular formula is C10H17F4NO. The van der Waals surface area contributed by atoms with Gasteiger partial charge >= 0.3 is 12.3 Å². The van der Waals surface area contributed by atoms with Crippen LogP contribution in [0.4, 0.5) is 17.6 Å². The SMILES string of the molecule is C=C(C)CC(COCC(F)(F)C(F)F)NC. The minimum Gasteiger partial charge on any atom is -0.373 e. The molecule has 0 amide bonds. The standard InChI is InChI=1S/C10H17F4NO/c1-7(2)4-8(15-3)5-16-6-10(13,14)9(11)12/h8-9,15H,1,4-6H2,2-3H3. The number of hydrogen-bond donors (Lipinski definition) is 1. The van der Waals surface area contributed by atoms with E-state index in [4.69, 9.17) is 0 Å². The molecule has 0 bridgehead atoms. The van der Waals surface area contributed by atoms with Gasteiger partial charge in [-0.05, 0) is 20.4 Å². The van der Waals surface area contributed by atoms with Gasteiger partial charge in [0.15, 0.2) is 0 Å². The second-order valence-corrected chi connectivity index (χ2v) is 3.72. The lowest BCUT2D eigenvalue weighted by atomic mass is 10.1. The molecule has 0 heterocycles. The molecule has 0 aromatic rings. The minimum atomic E-state index is -4.08. The molecule has 0 aromatic heterocycles. The molecule has 1 atom stereocenters. The third kappa shape index (κ3) is 6.07. The van der Waals surface area contributed by atoms with Crippen LogP contribution >= 0.6 is 0 Å². The molecule has 0 spiro atoms. The van der Waals surface area contributed by atoms with Crippen LogP contribution in [0.3, 0.4) is 0 Å². The Kier molecular flexibility index (Phi) is 6.59. The summed E-state index contributed by atoms with van der Waals surface area (Å²) in [5.41, 5.74) is 0.864. The molecule has 0 aliphatic carbocycles. The van der Waals surface area contributed by atoms with Crippen LogP contribution in [0.15, 0.2) is 12.2 Å². The highest BCUT2D eigenvalue weighted by Crippen LogP contribution is 2.22. The van der Waals surface area contributed by atoms with E-state index in [0.717, 1.165) is 5.57 Å². The number of halogens is 4. The van der Waals surface area contributed by atoms with Gasteiger partial charge in [0.25, 0.3) is 0 Å². The summed E-state index contributed by atoms with van der Waals surface area (Å²) < 4.78 is 53.0. The minimum absolute atomic E-state index is 0.0499. The molecule has 0 saturated carbocycles. The molecule has 0 saturated heterocycles. The first kappa shape index (κ1) is 15.4. The van der Waals surface area contributed by atoms with Crippen LogP contribution in [0.5, 0.6) is 0 Å². The lowest BCUT2D eigenvalue weighted by Gasteiger charge is -2.19.